The van der Waals surface area contributed by atoms with Gasteiger partial charge in [-0.05, 0) is 61.3 Å². The van der Waals surface area contributed by atoms with Crippen LogP contribution in [0.3, 0.4) is 0 Å². The average molecular weight is 437 g/mol. The standard InChI is InChI=1S/C24H31F3N2O2/c1-15(2)23(7-5-19(11-23)29-13-21-10-20(29)14-31-21)22(30)28-8-6-16-3-4-18(24(25,26)27)9-17(16)12-28/h3-4,9,15,19-21H,5-8,10-14H2,1-2H3/t19?,20-,21+,23?/m1/s1. The van der Waals surface area contributed by atoms with E-state index < -0.39 is 17.2 Å². The predicted molar refractivity (Wildman–Crippen MR) is 110 cm³/mol. The first-order valence-corrected chi connectivity index (χ1v) is 11.5. The molecule has 3 fully saturated rings. The molecule has 3 heterocycles. The summed E-state index contributed by atoms with van der Waals surface area (Å²) in [7, 11) is 0. The minimum absolute atomic E-state index is 0.133. The van der Waals surface area contributed by atoms with Crippen LogP contribution in [0.2, 0.25) is 0 Å². The topological polar surface area (TPSA) is 32.8 Å². The second-order valence-corrected chi connectivity index (χ2v) is 10.2. The number of likely N-dealkylation sites (tertiary alicyclic amines) is 1. The van der Waals surface area contributed by atoms with Crippen molar-refractivity contribution in [3.8, 4) is 0 Å². The Balaban J connectivity index is 1.35. The van der Waals surface area contributed by atoms with Crippen LogP contribution in [0.4, 0.5) is 13.2 Å². The van der Waals surface area contributed by atoms with Gasteiger partial charge in [0, 0.05) is 31.7 Å². The van der Waals surface area contributed by atoms with Gasteiger partial charge >= 0.3 is 6.18 Å². The highest BCUT2D eigenvalue weighted by Gasteiger charge is 2.53. The lowest BCUT2D eigenvalue weighted by atomic mass is 9.73. The third-order valence-electron chi connectivity index (χ3n) is 8.30. The maximum absolute atomic E-state index is 13.8. The number of hydrogen-bond acceptors (Lipinski definition) is 3. The van der Waals surface area contributed by atoms with Crippen molar-refractivity contribution in [3.63, 3.8) is 0 Å². The van der Waals surface area contributed by atoms with Gasteiger partial charge in [0.1, 0.15) is 0 Å². The summed E-state index contributed by atoms with van der Waals surface area (Å²) >= 11 is 0. The highest BCUT2D eigenvalue weighted by atomic mass is 19.4. The van der Waals surface area contributed by atoms with Gasteiger partial charge < -0.3 is 9.64 Å². The molecule has 3 aliphatic heterocycles. The van der Waals surface area contributed by atoms with Crippen LogP contribution in [0, 0.1) is 11.3 Å². The Morgan fingerprint density at radius 1 is 1.23 bits per heavy atom. The Hall–Kier alpha value is -1.60. The Labute approximate surface area is 181 Å². The summed E-state index contributed by atoms with van der Waals surface area (Å²) in [5.41, 5.74) is 0.503. The second-order valence-electron chi connectivity index (χ2n) is 10.2. The molecule has 1 aromatic rings. The summed E-state index contributed by atoms with van der Waals surface area (Å²) in [4.78, 5) is 18.2. The smallest absolute Gasteiger partial charge is 0.375 e. The monoisotopic (exact) mass is 436 g/mol. The number of nitrogens with zero attached hydrogens (tertiary/aromatic N) is 2. The molecule has 4 aliphatic rings. The molecular weight excluding hydrogens is 405 g/mol. The molecule has 2 saturated heterocycles. The summed E-state index contributed by atoms with van der Waals surface area (Å²) in [6, 6.07) is 4.85. The summed E-state index contributed by atoms with van der Waals surface area (Å²) in [5.74, 6) is 0.331. The maximum Gasteiger partial charge on any atom is 0.416 e. The molecule has 5 rings (SSSR count). The normalized spacial score (nSPS) is 33.4. The van der Waals surface area contributed by atoms with Gasteiger partial charge in [-0.15, -0.1) is 0 Å². The highest BCUT2D eigenvalue weighted by molar-refractivity contribution is 5.84. The van der Waals surface area contributed by atoms with Crippen LogP contribution in [0.15, 0.2) is 18.2 Å². The number of ether oxygens (including phenoxy) is 1. The van der Waals surface area contributed by atoms with Gasteiger partial charge in [0.2, 0.25) is 5.91 Å². The highest BCUT2D eigenvalue weighted by Crippen LogP contribution is 2.49. The number of alkyl halides is 3. The Kier molecular flexibility index (Phi) is 5.13. The van der Waals surface area contributed by atoms with Crippen LogP contribution in [0.5, 0.6) is 0 Å². The number of fused-ring (bicyclic) bond motifs is 3. The fourth-order valence-electron chi connectivity index (χ4n) is 6.40. The second kappa shape index (κ2) is 7.48. The van der Waals surface area contributed by atoms with E-state index in [0.717, 1.165) is 50.5 Å². The van der Waals surface area contributed by atoms with Gasteiger partial charge in [-0.3, -0.25) is 9.69 Å². The third kappa shape index (κ3) is 3.58. The van der Waals surface area contributed by atoms with Crippen molar-refractivity contribution >= 4 is 5.91 Å². The van der Waals surface area contributed by atoms with E-state index in [1.807, 2.05) is 4.90 Å². The van der Waals surface area contributed by atoms with Crippen LogP contribution < -0.4 is 0 Å². The number of halogens is 3. The third-order valence-corrected chi connectivity index (χ3v) is 8.30. The number of amides is 1. The van der Waals surface area contributed by atoms with E-state index in [-0.39, 0.29) is 18.4 Å². The lowest BCUT2D eigenvalue weighted by Gasteiger charge is -2.40. The van der Waals surface area contributed by atoms with E-state index in [4.69, 9.17) is 4.74 Å². The van der Waals surface area contributed by atoms with Gasteiger partial charge in [0.25, 0.3) is 0 Å². The summed E-state index contributed by atoms with van der Waals surface area (Å²) < 4.78 is 45.3. The first-order chi connectivity index (χ1) is 14.7. The first kappa shape index (κ1) is 21.3. The van der Waals surface area contributed by atoms with E-state index in [9.17, 15) is 18.0 Å². The lowest BCUT2D eigenvalue weighted by Crippen LogP contribution is -2.49. The number of benzene rings is 1. The zero-order valence-corrected chi connectivity index (χ0v) is 18.3. The minimum atomic E-state index is -4.36. The summed E-state index contributed by atoms with van der Waals surface area (Å²) in [6.45, 7) is 6.87. The van der Waals surface area contributed by atoms with Gasteiger partial charge in [-0.25, -0.2) is 0 Å². The molecule has 1 aliphatic carbocycles. The van der Waals surface area contributed by atoms with Crippen molar-refractivity contribution in [2.75, 3.05) is 19.7 Å². The Bertz CT molecular complexity index is 871. The van der Waals surface area contributed by atoms with Gasteiger partial charge in [-0.2, -0.15) is 13.2 Å². The largest absolute Gasteiger partial charge is 0.416 e. The molecule has 1 saturated carbocycles. The molecule has 0 spiro atoms. The molecule has 31 heavy (non-hydrogen) atoms. The fraction of sp³-hybridized carbons (Fsp3) is 0.708. The molecule has 0 N–H and O–H groups in total. The molecule has 1 aromatic carbocycles. The minimum Gasteiger partial charge on any atom is -0.375 e. The number of carbonyl (C=O) groups is 1. The molecule has 0 aromatic heterocycles. The summed E-state index contributed by atoms with van der Waals surface area (Å²) in [5, 5.41) is 0. The lowest BCUT2D eigenvalue weighted by molar-refractivity contribution is -0.146. The molecule has 4 nitrogen and oxygen atoms in total. The number of rotatable bonds is 3. The summed E-state index contributed by atoms with van der Waals surface area (Å²) in [6.07, 6.45) is 0.408. The van der Waals surface area contributed by atoms with Crippen LogP contribution >= 0.6 is 0 Å². The SMILES string of the molecule is CC(C)C1(C(=O)N2CCc3ccc(C(F)(F)F)cc3C2)CCC(N2C[C@@H]3C[C@@H]2CO3)C1. The van der Waals surface area contributed by atoms with Crippen LogP contribution in [-0.4, -0.2) is 53.6 Å². The van der Waals surface area contributed by atoms with E-state index >= 15 is 0 Å². The predicted octanol–water partition coefficient (Wildman–Crippen LogP) is 4.26. The van der Waals surface area contributed by atoms with Gasteiger partial charge in [0.05, 0.1) is 23.7 Å². The molecule has 4 atom stereocenters. The van der Waals surface area contributed by atoms with Gasteiger partial charge in [0.15, 0.2) is 0 Å². The molecule has 1 amide bonds. The molecule has 2 bridgehead atoms. The maximum atomic E-state index is 13.8. The van der Waals surface area contributed by atoms with Crippen LogP contribution in [0.25, 0.3) is 0 Å². The zero-order valence-electron chi connectivity index (χ0n) is 18.3. The van der Waals surface area contributed by atoms with E-state index in [0.29, 0.717) is 36.7 Å². The average Bonchev–Trinajstić information content (AvgIpc) is 3.47. The zero-order chi connectivity index (χ0) is 22.0. The van der Waals surface area contributed by atoms with Crippen LogP contribution in [-0.2, 0) is 28.7 Å². The van der Waals surface area contributed by atoms with Crippen molar-refractivity contribution in [1.29, 1.82) is 0 Å². The number of hydrogen-bond donors (Lipinski definition) is 0. The fourth-order valence-corrected chi connectivity index (χ4v) is 6.40. The molecule has 7 heteroatoms. The molecule has 170 valence electrons. The van der Waals surface area contributed by atoms with Crippen molar-refractivity contribution in [2.45, 2.75) is 76.9 Å². The Morgan fingerprint density at radius 3 is 2.68 bits per heavy atom. The van der Waals surface area contributed by atoms with Crippen molar-refractivity contribution < 1.29 is 22.7 Å². The van der Waals surface area contributed by atoms with Crippen molar-refractivity contribution in [2.24, 2.45) is 11.3 Å². The first-order valence-electron chi connectivity index (χ1n) is 11.5. The number of morpholine rings is 1. The quantitative estimate of drug-likeness (QED) is 0.710. The molecule has 2 unspecified atom stereocenters. The van der Waals surface area contributed by atoms with E-state index in [1.54, 1.807) is 6.07 Å². The van der Waals surface area contributed by atoms with Crippen molar-refractivity contribution in [1.82, 2.24) is 9.80 Å². The van der Waals surface area contributed by atoms with Crippen LogP contribution in [0.1, 0.15) is 56.2 Å². The van der Waals surface area contributed by atoms with E-state index in [1.165, 1.54) is 6.07 Å². The molecule has 0 radical (unpaired) electrons. The number of carbonyl (C=O) groups excluding carboxylic acids is 1. The Morgan fingerprint density at radius 2 is 2.03 bits per heavy atom. The van der Waals surface area contributed by atoms with E-state index in [2.05, 4.69) is 18.7 Å². The van der Waals surface area contributed by atoms with Gasteiger partial charge in [-0.1, -0.05) is 19.9 Å². The molecular formula is C24H31F3N2O2. The van der Waals surface area contributed by atoms with Crippen molar-refractivity contribution in [3.05, 3.63) is 34.9 Å².